The number of para-hydroxylation sites is 1. The summed E-state index contributed by atoms with van der Waals surface area (Å²) in [7, 11) is 0. The molecule has 0 bridgehead atoms. The molecule has 0 radical (unpaired) electrons. The smallest absolute Gasteiger partial charge is 0.249 e. The number of aromatic nitrogens is 1. The fraction of sp³-hybridized carbons (Fsp3) is 0.190. The normalized spacial score (nSPS) is 15.5. The standard InChI is InChI=1S/C21H19N3O/c1-21(2)11-17-15(7-5-8-16(17)20(22)25)19(24-21)14-10-13-6-3-4-9-18(13)23-12-14/h3-10,12H,11H2,1-2H3,(H2,22,25). The van der Waals surface area contributed by atoms with Crippen molar-refractivity contribution in [2.24, 2.45) is 10.7 Å². The number of rotatable bonds is 2. The van der Waals surface area contributed by atoms with Crippen LogP contribution in [0.5, 0.6) is 0 Å². The van der Waals surface area contributed by atoms with E-state index in [4.69, 9.17) is 10.7 Å². The molecule has 0 atom stereocenters. The number of hydrogen-bond acceptors (Lipinski definition) is 3. The van der Waals surface area contributed by atoms with E-state index < -0.39 is 5.91 Å². The highest BCUT2D eigenvalue weighted by Gasteiger charge is 2.30. The second kappa shape index (κ2) is 5.52. The van der Waals surface area contributed by atoms with Crippen LogP contribution in [0.15, 0.2) is 59.7 Å². The summed E-state index contributed by atoms with van der Waals surface area (Å²) in [6, 6.07) is 15.8. The Morgan fingerprint density at radius 1 is 1.12 bits per heavy atom. The molecule has 0 spiro atoms. The molecule has 1 aliphatic rings. The second-order valence-corrected chi connectivity index (χ2v) is 7.06. The van der Waals surface area contributed by atoms with Gasteiger partial charge in [-0.25, -0.2) is 0 Å². The molecule has 2 heterocycles. The summed E-state index contributed by atoms with van der Waals surface area (Å²) in [5.74, 6) is -0.398. The maximum Gasteiger partial charge on any atom is 0.249 e. The van der Waals surface area contributed by atoms with Gasteiger partial charge in [-0.3, -0.25) is 14.8 Å². The molecule has 2 N–H and O–H groups in total. The van der Waals surface area contributed by atoms with Crippen molar-refractivity contribution in [3.63, 3.8) is 0 Å². The summed E-state index contributed by atoms with van der Waals surface area (Å²) in [6.45, 7) is 4.14. The predicted octanol–water partition coefficient (Wildman–Crippen LogP) is 3.51. The van der Waals surface area contributed by atoms with Gasteiger partial charge < -0.3 is 5.73 Å². The van der Waals surface area contributed by atoms with Gasteiger partial charge in [0.1, 0.15) is 0 Å². The van der Waals surface area contributed by atoms with Gasteiger partial charge in [0.2, 0.25) is 5.91 Å². The van der Waals surface area contributed by atoms with Gasteiger partial charge in [0, 0.05) is 28.3 Å². The Hall–Kier alpha value is -3.01. The lowest BCUT2D eigenvalue weighted by Gasteiger charge is -2.30. The molecule has 2 aromatic carbocycles. The first-order chi connectivity index (χ1) is 11.9. The van der Waals surface area contributed by atoms with Gasteiger partial charge in [-0.1, -0.05) is 30.3 Å². The number of nitrogens with two attached hydrogens (primary N) is 1. The quantitative estimate of drug-likeness (QED) is 0.782. The van der Waals surface area contributed by atoms with Crippen molar-refractivity contribution in [2.45, 2.75) is 25.8 Å². The molecule has 1 aromatic heterocycles. The second-order valence-electron chi connectivity index (χ2n) is 7.06. The van der Waals surface area contributed by atoms with Gasteiger partial charge >= 0.3 is 0 Å². The third-order valence-corrected chi connectivity index (χ3v) is 4.58. The molecule has 0 unspecified atom stereocenters. The minimum Gasteiger partial charge on any atom is -0.366 e. The molecule has 0 saturated carbocycles. The summed E-state index contributed by atoms with van der Waals surface area (Å²) >= 11 is 0. The molecule has 4 heteroatoms. The van der Waals surface area contributed by atoms with Gasteiger partial charge in [-0.2, -0.15) is 0 Å². The van der Waals surface area contributed by atoms with E-state index in [1.54, 1.807) is 6.07 Å². The Labute approximate surface area is 146 Å². The van der Waals surface area contributed by atoms with Crippen LogP contribution in [0.1, 0.15) is 40.9 Å². The van der Waals surface area contributed by atoms with Gasteiger partial charge in [0.05, 0.1) is 16.8 Å². The third kappa shape index (κ3) is 2.70. The van der Waals surface area contributed by atoms with Crippen LogP contribution in [0.2, 0.25) is 0 Å². The lowest BCUT2D eigenvalue weighted by Crippen LogP contribution is -2.31. The minimum atomic E-state index is -0.398. The van der Waals surface area contributed by atoms with Crippen LogP contribution >= 0.6 is 0 Å². The Bertz CT molecular complexity index is 1030. The van der Waals surface area contributed by atoms with E-state index in [2.05, 4.69) is 24.9 Å². The number of hydrogen-bond donors (Lipinski definition) is 1. The van der Waals surface area contributed by atoms with Crippen molar-refractivity contribution >= 4 is 22.5 Å². The topological polar surface area (TPSA) is 68.3 Å². The van der Waals surface area contributed by atoms with Crippen molar-refractivity contribution in [3.8, 4) is 0 Å². The summed E-state index contributed by atoms with van der Waals surface area (Å²) in [5.41, 5.74) is 10.6. The largest absolute Gasteiger partial charge is 0.366 e. The van der Waals surface area contributed by atoms with E-state index >= 15 is 0 Å². The molecule has 0 fully saturated rings. The summed E-state index contributed by atoms with van der Waals surface area (Å²) in [6.07, 6.45) is 2.54. The van der Waals surface area contributed by atoms with E-state index in [9.17, 15) is 4.79 Å². The first kappa shape index (κ1) is 15.5. The number of primary amides is 1. The maximum atomic E-state index is 11.9. The summed E-state index contributed by atoms with van der Waals surface area (Å²) in [5, 5.41) is 1.07. The van der Waals surface area contributed by atoms with Crippen molar-refractivity contribution in [1.82, 2.24) is 4.98 Å². The third-order valence-electron chi connectivity index (χ3n) is 4.58. The molecular weight excluding hydrogens is 310 g/mol. The SMILES string of the molecule is CC1(C)Cc2c(C(N)=O)cccc2C(c2cnc3ccccc3c2)=N1. The average Bonchev–Trinajstić information content (AvgIpc) is 2.59. The number of fused-ring (bicyclic) bond motifs is 2. The van der Waals surface area contributed by atoms with Crippen LogP contribution in [0.25, 0.3) is 10.9 Å². The van der Waals surface area contributed by atoms with Crippen LogP contribution in [-0.4, -0.2) is 22.1 Å². The minimum absolute atomic E-state index is 0.306. The highest BCUT2D eigenvalue weighted by atomic mass is 16.1. The van der Waals surface area contributed by atoms with Crippen LogP contribution in [0.4, 0.5) is 0 Å². The van der Waals surface area contributed by atoms with Crippen LogP contribution < -0.4 is 5.73 Å². The zero-order valence-corrected chi connectivity index (χ0v) is 14.3. The maximum absolute atomic E-state index is 11.9. The van der Waals surface area contributed by atoms with Gasteiger partial charge in [-0.05, 0) is 44.0 Å². The lowest BCUT2D eigenvalue weighted by molar-refractivity contribution is 0.0999. The molecule has 4 nitrogen and oxygen atoms in total. The molecular formula is C21H19N3O. The van der Waals surface area contributed by atoms with E-state index in [1.807, 2.05) is 42.6 Å². The monoisotopic (exact) mass is 329 g/mol. The Morgan fingerprint density at radius 3 is 2.72 bits per heavy atom. The molecule has 0 aliphatic carbocycles. The predicted molar refractivity (Wildman–Crippen MR) is 100 cm³/mol. The number of aliphatic imine (C=N–C) groups is 1. The number of carbonyl (C=O) groups excluding carboxylic acids is 1. The Kier molecular flexibility index (Phi) is 3.42. The highest BCUT2D eigenvalue weighted by molar-refractivity contribution is 6.16. The molecule has 1 aliphatic heterocycles. The number of carbonyl (C=O) groups is 1. The summed E-state index contributed by atoms with van der Waals surface area (Å²) < 4.78 is 0. The number of amides is 1. The van der Waals surface area contributed by atoms with E-state index in [0.717, 1.165) is 33.3 Å². The molecule has 1 amide bonds. The van der Waals surface area contributed by atoms with Crippen molar-refractivity contribution in [3.05, 3.63) is 77.0 Å². The van der Waals surface area contributed by atoms with Crippen LogP contribution in [0.3, 0.4) is 0 Å². The molecule has 25 heavy (non-hydrogen) atoms. The molecule has 3 aromatic rings. The van der Waals surface area contributed by atoms with Crippen molar-refractivity contribution in [2.75, 3.05) is 0 Å². The number of nitrogens with zero attached hydrogens (tertiary/aromatic N) is 2. The van der Waals surface area contributed by atoms with E-state index in [-0.39, 0.29) is 5.54 Å². The van der Waals surface area contributed by atoms with Crippen molar-refractivity contribution in [1.29, 1.82) is 0 Å². The Balaban J connectivity index is 1.95. The molecule has 4 rings (SSSR count). The van der Waals surface area contributed by atoms with E-state index in [0.29, 0.717) is 12.0 Å². The average molecular weight is 329 g/mol. The first-order valence-corrected chi connectivity index (χ1v) is 8.32. The van der Waals surface area contributed by atoms with Gasteiger partial charge in [0.25, 0.3) is 0 Å². The molecule has 124 valence electrons. The van der Waals surface area contributed by atoms with Gasteiger partial charge in [0.15, 0.2) is 0 Å². The fourth-order valence-corrected chi connectivity index (χ4v) is 3.49. The van der Waals surface area contributed by atoms with Gasteiger partial charge in [-0.15, -0.1) is 0 Å². The number of benzene rings is 2. The Morgan fingerprint density at radius 2 is 1.92 bits per heavy atom. The number of pyridine rings is 1. The fourth-order valence-electron chi connectivity index (χ4n) is 3.49. The zero-order chi connectivity index (χ0) is 17.6. The lowest BCUT2D eigenvalue weighted by atomic mass is 9.82. The van der Waals surface area contributed by atoms with Crippen LogP contribution in [0, 0.1) is 0 Å². The molecule has 0 saturated heterocycles. The highest BCUT2D eigenvalue weighted by Crippen LogP contribution is 2.32. The zero-order valence-electron chi connectivity index (χ0n) is 14.3. The van der Waals surface area contributed by atoms with Crippen LogP contribution in [-0.2, 0) is 6.42 Å². The summed E-state index contributed by atoms with van der Waals surface area (Å²) in [4.78, 5) is 21.4. The first-order valence-electron chi connectivity index (χ1n) is 8.32. The van der Waals surface area contributed by atoms with E-state index in [1.165, 1.54) is 0 Å². The van der Waals surface area contributed by atoms with Crippen molar-refractivity contribution < 1.29 is 4.79 Å².